The van der Waals surface area contributed by atoms with Crippen LogP contribution < -0.4 is 4.72 Å². The molecule has 9 heteroatoms. The van der Waals surface area contributed by atoms with E-state index in [1.165, 1.54) is 11.3 Å². The second-order valence-corrected chi connectivity index (χ2v) is 8.76. The monoisotopic (exact) mass is 386 g/mol. The number of pyridine rings is 1. The highest BCUT2D eigenvalue weighted by atomic mass is 79.9. The predicted molar refractivity (Wildman–Crippen MR) is 83.8 cm³/mol. The zero-order valence-corrected chi connectivity index (χ0v) is 14.2. The van der Waals surface area contributed by atoms with Crippen LogP contribution in [0.25, 0.3) is 5.65 Å². The summed E-state index contributed by atoms with van der Waals surface area (Å²) in [4.78, 5) is 0. The van der Waals surface area contributed by atoms with E-state index in [1.54, 1.807) is 16.7 Å². The third-order valence-corrected chi connectivity index (χ3v) is 6.92. The van der Waals surface area contributed by atoms with E-state index in [4.69, 9.17) is 0 Å². The number of rotatable bonds is 4. The summed E-state index contributed by atoms with van der Waals surface area (Å²) < 4.78 is 29.9. The highest BCUT2D eigenvalue weighted by Crippen LogP contribution is 2.30. The lowest BCUT2D eigenvalue weighted by atomic mass is 10.4. The molecule has 21 heavy (non-hydrogen) atoms. The molecule has 3 heterocycles. The van der Waals surface area contributed by atoms with Crippen molar-refractivity contribution in [2.45, 2.75) is 17.7 Å². The van der Waals surface area contributed by atoms with E-state index in [-0.39, 0.29) is 10.8 Å². The van der Waals surface area contributed by atoms with Crippen LogP contribution in [-0.4, -0.2) is 23.0 Å². The Morgan fingerprint density at radius 2 is 2.19 bits per heavy atom. The Morgan fingerprint density at radius 1 is 1.38 bits per heavy atom. The van der Waals surface area contributed by atoms with Crippen LogP contribution >= 0.6 is 27.3 Å². The van der Waals surface area contributed by atoms with E-state index in [0.717, 1.165) is 9.35 Å². The van der Waals surface area contributed by atoms with Crippen LogP contribution in [0, 0.1) is 6.92 Å². The van der Waals surface area contributed by atoms with Crippen LogP contribution in [0.2, 0.25) is 0 Å². The van der Waals surface area contributed by atoms with Crippen molar-refractivity contribution in [3.8, 4) is 0 Å². The molecule has 0 bridgehead atoms. The number of nitrogens with zero attached hydrogens (tertiary/aromatic N) is 3. The van der Waals surface area contributed by atoms with Crippen molar-refractivity contribution in [2.24, 2.45) is 0 Å². The summed E-state index contributed by atoms with van der Waals surface area (Å²) in [5.41, 5.74) is 1.58. The normalized spacial score (nSPS) is 12.1. The lowest BCUT2D eigenvalue weighted by molar-refractivity contribution is 0.581. The number of aryl methyl sites for hydroxylation is 1. The Hall–Kier alpha value is -1.29. The maximum absolute atomic E-state index is 12.3. The number of thiophene rings is 1. The number of hydrogen-bond donors (Lipinski definition) is 1. The lowest BCUT2D eigenvalue weighted by Crippen LogP contribution is -2.23. The van der Waals surface area contributed by atoms with Gasteiger partial charge in [0.05, 0.1) is 10.3 Å². The number of hydrogen-bond acceptors (Lipinski definition) is 5. The maximum atomic E-state index is 12.3. The Kier molecular flexibility index (Phi) is 3.82. The molecule has 0 aliphatic rings. The first-order chi connectivity index (χ1) is 9.97. The summed E-state index contributed by atoms with van der Waals surface area (Å²) in [6.07, 6.45) is 1.80. The van der Waals surface area contributed by atoms with Crippen molar-refractivity contribution in [1.82, 2.24) is 19.3 Å². The van der Waals surface area contributed by atoms with Gasteiger partial charge in [-0.1, -0.05) is 6.07 Å². The molecule has 0 unspecified atom stereocenters. The summed E-state index contributed by atoms with van der Waals surface area (Å²) in [5.74, 6) is 0.543. The Bertz CT molecular complexity index is 882. The van der Waals surface area contributed by atoms with E-state index < -0.39 is 10.0 Å². The molecule has 3 aromatic heterocycles. The SMILES string of the molecule is Cc1cc(S(=O)(=O)NCc2nnc3ccccn23)sc1Br. The molecule has 0 amide bonds. The fourth-order valence-corrected chi connectivity index (χ4v) is 5.06. The molecule has 0 fully saturated rings. The van der Waals surface area contributed by atoms with Crippen molar-refractivity contribution in [1.29, 1.82) is 0 Å². The second kappa shape index (κ2) is 5.48. The first-order valence-electron chi connectivity index (χ1n) is 6.01. The Balaban J connectivity index is 1.83. The van der Waals surface area contributed by atoms with Gasteiger partial charge in [0.1, 0.15) is 4.21 Å². The molecule has 1 N–H and O–H groups in total. The smallest absolute Gasteiger partial charge is 0.250 e. The van der Waals surface area contributed by atoms with Crippen LogP contribution in [0.1, 0.15) is 11.4 Å². The van der Waals surface area contributed by atoms with E-state index in [9.17, 15) is 8.42 Å². The largest absolute Gasteiger partial charge is 0.285 e. The molecule has 3 rings (SSSR count). The fourth-order valence-electron chi connectivity index (χ4n) is 1.81. The van der Waals surface area contributed by atoms with E-state index in [2.05, 4.69) is 30.8 Å². The van der Waals surface area contributed by atoms with Crippen molar-refractivity contribution >= 4 is 42.9 Å². The van der Waals surface area contributed by atoms with Gasteiger partial charge in [0.2, 0.25) is 0 Å². The summed E-state index contributed by atoms with van der Waals surface area (Å²) in [6.45, 7) is 1.94. The third kappa shape index (κ3) is 2.86. The molecule has 3 aromatic rings. The van der Waals surface area contributed by atoms with Crippen LogP contribution in [-0.2, 0) is 16.6 Å². The molecular formula is C12H11BrN4O2S2. The van der Waals surface area contributed by atoms with Gasteiger partial charge < -0.3 is 0 Å². The summed E-state index contributed by atoms with van der Waals surface area (Å²) in [6, 6.07) is 7.14. The molecule has 0 aliphatic heterocycles. The highest BCUT2D eigenvalue weighted by molar-refractivity contribution is 9.11. The van der Waals surface area contributed by atoms with Gasteiger partial charge in [-0.2, -0.15) is 0 Å². The second-order valence-electron chi connectivity index (χ2n) is 4.39. The third-order valence-electron chi connectivity index (χ3n) is 2.90. The van der Waals surface area contributed by atoms with Crippen molar-refractivity contribution in [3.05, 3.63) is 45.6 Å². The zero-order valence-electron chi connectivity index (χ0n) is 10.9. The number of aromatic nitrogens is 3. The van der Waals surface area contributed by atoms with Crippen LogP contribution in [0.15, 0.2) is 38.5 Å². The molecule has 0 atom stereocenters. The molecule has 0 radical (unpaired) electrons. The quantitative estimate of drug-likeness (QED) is 0.746. The Morgan fingerprint density at radius 3 is 2.90 bits per heavy atom. The van der Waals surface area contributed by atoms with Crippen molar-refractivity contribution in [2.75, 3.05) is 0 Å². The van der Waals surface area contributed by atoms with E-state index >= 15 is 0 Å². The first kappa shape index (κ1) is 14.6. The molecular weight excluding hydrogens is 376 g/mol. The Labute approximate surface area is 134 Å². The van der Waals surface area contributed by atoms with Crippen molar-refractivity contribution in [3.63, 3.8) is 0 Å². The molecule has 0 aliphatic carbocycles. The van der Waals surface area contributed by atoms with E-state index in [1.807, 2.05) is 25.1 Å². The average molecular weight is 387 g/mol. The topological polar surface area (TPSA) is 76.4 Å². The standard InChI is InChI=1S/C12H11BrN4O2S2/c1-8-6-11(20-12(8)13)21(18,19)14-7-10-16-15-9-4-2-3-5-17(9)10/h2-6,14H,7H2,1H3. The van der Waals surface area contributed by atoms with Gasteiger partial charge in [-0.15, -0.1) is 21.5 Å². The molecule has 0 saturated carbocycles. The predicted octanol–water partition coefficient (Wildman–Crippen LogP) is 2.34. The van der Waals surface area contributed by atoms with Gasteiger partial charge in [0.15, 0.2) is 11.5 Å². The first-order valence-corrected chi connectivity index (χ1v) is 9.11. The number of sulfonamides is 1. The van der Waals surface area contributed by atoms with Crippen molar-refractivity contribution < 1.29 is 8.42 Å². The van der Waals surface area contributed by atoms with Crippen LogP contribution in [0.3, 0.4) is 0 Å². The maximum Gasteiger partial charge on any atom is 0.250 e. The number of nitrogens with one attached hydrogen (secondary N) is 1. The highest BCUT2D eigenvalue weighted by Gasteiger charge is 2.19. The zero-order chi connectivity index (χ0) is 15.0. The van der Waals surface area contributed by atoms with Gasteiger partial charge >= 0.3 is 0 Å². The summed E-state index contributed by atoms with van der Waals surface area (Å²) in [7, 11) is -3.55. The minimum absolute atomic E-state index is 0.0854. The molecule has 0 spiro atoms. The fraction of sp³-hybridized carbons (Fsp3) is 0.167. The molecule has 110 valence electrons. The van der Waals surface area contributed by atoms with Gasteiger partial charge in [0.25, 0.3) is 10.0 Å². The van der Waals surface area contributed by atoms with Crippen LogP contribution in [0.5, 0.6) is 0 Å². The minimum atomic E-state index is -3.55. The summed E-state index contributed by atoms with van der Waals surface area (Å²) >= 11 is 4.52. The van der Waals surface area contributed by atoms with Gasteiger partial charge in [-0.25, -0.2) is 13.1 Å². The molecule has 0 saturated heterocycles. The van der Waals surface area contributed by atoms with Gasteiger partial charge in [-0.05, 0) is 46.6 Å². The van der Waals surface area contributed by atoms with Gasteiger partial charge in [0, 0.05) is 6.20 Å². The molecule has 6 nitrogen and oxygen atoms in total. The minimum Gasteiger partial charge on any atom is -0.285 e. The number of fused-ring (bicyclic) bond motifs is 1. The number of halogens is 1. The summed E-state index contributed by atoms with van der Waals surface area (Å²) in [5, 5.41) is 7.98. The van der Waals surface area contributed by atoms with Crippen LogP contribution in [0.4, 0.5) is 0 Å². The molecule has 0 aromatic carbocycles. The lowest BCUT2D eigenvalue weighted by Gasteiger charge is -2.03. The van der Waals surface area contributed by atoms with E-state index in [0.29, 0.717) is 11.5 Å². The van der Waals surface area contributed by atoms with Gasteiger partial charge in [-0.3, -0.25) is 4.40 Å². The average Bonchev–Trinajstić information content (AvgIpc) is 3.02.